The molecule has 1 saturated heterocycles. The first-order chi connectivity index (χ1) is 13.4. The molecule has 0 N–H and O–H groups in total. The molecule has 0 amide bonds. The number of nitrogens with zero attached hydrogens (tertiary/aromatic N) is 2. The van der Waals surface area contributed by atoms with Crippen LogP contribution in [0, 0.1) is 17.0 Å². The Morgan fingerprint density at radius 2 is 1.96 bits per heavy atom. The molecule has 1 unspecified atom stereocenters. The van der Waals surface area contributed by atoms with Crippen LogP contribution in [0.1, 0.15) is 16.7 Å². The molecular formula is C20H20N2O4S2. The van der Waals surface area contributed by atoms with E-state index in [1.165, 1.54) is 24.9 Å². The van der Waals surface area contributed by atoms with Crippen molar-refractivity contribution in [1.82, 2.24) is 4.90 Å². The number of rotatable bonds is 6. The van der Waals surface area contributed by atoms with Gasteiger partial charge in [-0.3, -0.25) is 10.1 Å². The molecule has 0 radical (unpaired) electrons. The van der Waals surface area contributed by atoms with Crippen molar-refractivity contribution in [1.29, 1.82) is 0 Å². The van der Waals surface area contributed by atoms with E-state index in [0.29, 0.717) is 22.2 Å². The molecule has 3 rings (SSSR count). The molecule has 146 valence electrons. The van der Waals surface area contributed by atoms with Gasteiger partial charge in [0.1, 0.15) is 4.32 Å². The van der Waals surface area contributed by atoms with Crippen molar-refractivity contribution in [2.45, 2.75) is 25.4 Å². The topological polar surface area (TPSA) is 72.7 Å². The Morgan fingerprint density at radius 1 is 1.29 bits per heavy atom. The lowest BCUT2D eigenvalue weighted by Gasteiger charge is -2.36. The average molecular weight is 417 g/mol. The lowest BCUT2D eigenvalue weighted by Crippen LogP contribution is -2.55. The van der Waals surface area contributed by atoms with Crippen molar-refractivity contribution >= 4 is 40.0 Å². The second kappa shape index (κ2) is 8.28. The number of methoxy groups -OCH3 is 1. The van der Waals surface area contributed by atoms with Crippen LogP contribution in [0.15, 0.2) is 48.5 Å². The number of ether oxygens (including phenoxy) is 1. The standard InChI is InChI=1S/C20H20N2O4S2/c1-14-7-9-15(10-8-14)12-21-19(27)28-13-20(21,18(23)26-2)11-16-5-3-4-6-17(16)22(24)25/h3-10H,11-13H2,1-2H3. The normalized spacial score (nSPS) is 18.9. The molecule has 8 heteroatoms. The van der Waals surface area contributed by atoms with Gasteiger partial charge >= 0.3 is 5.97 Å². The van der Waals surface area contributed by atoms with Gasteiger partial charge in [0.2, 0.25) is 0 Å². The molecule has 0 aromatic heterocycles. The fourth-order valence-corrected chi connectivity index (χ4v) is 4.88. The van der Waals surface area contributed by atoms with Crippen LogP contribution in [-0.2, 0) is 22.5 Å². The van der Waals surface area contributed by atoms with E-state index < -0.39 is 16.4 Å². The van der Waals surface area contributed by atoms with Gasteiger partial charge < -0.3 is 9.64 Å². The van der Waals surface area contributed by atoms with Crippen molar-refractivity contribution in [3.8, 4) is 0 Å². The highest BCUT2D eigenvalue weighted by Crippen LogP contribution is 2.39. The molecule has 0 aliphatic carbocycles. The van der Waals surface area contributed by atoms with Gasteiger partial charge in [-0.2, -0.15) is 0 Å². The molecule has 1 aliphatic heterocycles. The molecule has 1 aliphatic rings. The number of benzene rings is 2. The summed E-state index contributed by atoms with van der Waals surface area (Å²) in [5.74, 6) is -0.0544. The van der Waals surface area contributed by atoms with Gasteiger partial charge in [-0.15, -0.1) is 0 Å². The van der Waals surface area contributed by atoms with E-state index in [4.69, 9.17) is 17.0 Å². The van der Waals surface area contributed by atoms with Crippen LogP contribution >= 0.6 is 24.0 Å². The molecule has 2 aromatic rings. The minimum Gasteiger partial charge on any atom is -0.467 e. The van der Waals surface area contributed by atoms with Crippen LogP contribution in [0.25, 0.3) is 0 Å². The van der Waals surface area contributed by atoms with E-state index in [-0.39, 0.29) is 12.1 Å². The number of aryl methyl sites for hydroxylation is 1. The second-order valence-corrected chi connectivity index (χ2v) is 8.32. The predicted octanol–water partition coefficient (Wildman–Crippen LogP) is 3.89. The van der Waals surface area contributed by atoms with Gasteiger partial charge in [-0.25, -0.2) is 4.79 Å². The van der Waals surface area contributed by atoms with Gasteiger partial charge in [0.25, 0.3) is 5.69 Å². The zero-order valence-corrected chi connectivity index (χ0v) is 17.2. The molecule has 1 heterocycles. The molecule has 1 fully saturated rings. The first kappa shape index (κ1) is 20.3. The minimum atomic E-state index is -1.09. The predicted molar refractivity (Wildman–Crippen MR) is 113 cm³/mol. The molecule has 2 aromatic carbocycles. The van der Waals surface area contributed by atoms with Gasteiger partial charge in [-0.1, -0.05) is 72.0 Å². The fraction of sp³-hybridized carbons (Fsp3) is 0.300. The maximum Gasteiger partial charge on any atom is 0.332 e. The zero-order valence-electron chi connectivity index (χ0n) is 15.6. The quantitative estimate of drug-likeness (QED) is 0.306. The second-order valence-electron chi connectivity index (χ2n) is 6.71. The molecule has 6 nitrogen and oxygen atoms in total. The SMILES string of the molecule is COC(=O)C1(Cc2ccccc2[N+](=O)[O-])CSC(=S)N1Cc1ccc(C)cc1. The number of thioether (sulfide) groups is 1. The lowest BCUT2D eigenvalue weighted by molar-refractivity contribution is -0.385. The molecule has 28 heavy (non-hydrogen) atoms. The van der Waals surface area contributed by atoms with Gasteiger partial charge in [0, 0.05) is 30.3 Å². The third-order valence-electron chi connectivity index (χ3n) is 4.87. The summed E-state index contributed by atoms with van der Waals surface area (Å²) >= 11 is 6.93. The number of nitro groups is 1. The van der Waals surface area contributed by atoms with Gasteiger partial charge in [0.15, 0.2) is 5.54 Å². The highest BCUT2D eigenvalue weighted by Gasteiger charge is 2.52. The van der Waals surface area contributed by atoms with E-state index in [2.05, 4.69) is 0 Å². The fourth-order valence-electron chi connectivity index (χ4n) is 3.33. The summed E-state index contributed by atoms with van der Waals surface area (Å²) in [6.45, 7) is 2.44. The van der Waals surface area contributed by atoms with Crippen LogP contribution in [0.3, 0.4) is 0 Å². The lowest BCUT2D eigenvalue weighted by atomic mass is 9.89. The van der Waals surface area contributed by atoms with Crippen molar-refractivity contribution in [2.75, 3.05) is 12.9 Å². The molecular weight excluding hydrogens is 396 g/mol. The average Bonchev–Trinajstić information content (AvgIpc) is 3.00. The highest BCUT2D eigenvalue weighted by atomic mass is 32.2. The number of hydrogen-bond acceptors (Lipinski definition) is 6. The molecule has 0 saturated carbocycles. The number of nitro benzene ring substituents is 1. The first-order valence-corrected chi connectivity index (χ1v) is 10.1. The van der Waals surface area contributed by atoms with E-state index in [1.807, 2.05) is 36.1 Å². The third kappa shape index (κ3) is 3.88. The Morgan fingerprint density at radius 3 is 2.61 bits per heavy atom. The number of carbonyl (C=O) groups is 1. The summed E-state index contributed by atoms with van der Waals surface area (Å²) in [5, 5.41) is 11.5. The Balaban J connectivity index is 2.02. The summed E-state index contributed by atoms with van der Waals surface area (Å²) in [7, 11) is 1.33. The van der Waals surface area contributed by atoms with Crippen molar-refractivity contribution in [2.24, 2.45) is 0 Å². The Labute approximate surface area is 173 Å². The first-order valence-electron chi connectivity index (χ1n) is 8.68. The van der Waals surface area contributed by atoms with Crippen molar-refractivity contribution < 1.29 is 14.5 Å². The number of para-hydroxylation sites is 1. The van der Waals surface area contributed by atoms with E-state index in [0.717, 1.165) is 11.1 Å². The Kier molecular flexibility index (Phi) is 6.00. The maximum absolute atomic E-state index is 12.9. The van der Waals surface area contributed by atoms with Crippen molar-refractivity contribution in [3.63, 3.8) is 0 Å². The number of hydrogen-bond donors (Lipinski definition) is 0. The zero-order chi connectivity index (χ0) is 20.3. The van der Waals surface area contributed by atoms with Crippen LogP contribution in [0.5, 0.6) is 0 Å². The Bertz CT molecular complexity index is 917. The van der Waals surface area contributed by atoms with Gasteiger partial charge in [0.05, 0.1) is 12.0 Å². The number of esters is 1. The van der Waals surface area contributed by atoms with Gasteiger partial charge in [-0.05, 0) is 12.5 Å². The largest absolute Gasteiger partial charge is 0.467 e. The molecule has 1 atom stereocenters. The Hall–Kier alpha value is -2.45. The molecule has 0 bridgehead atoms. The summed E-state index contributed by atoms with van der Waals surface area (Å²) in [4.78, 5) is 25.8. The summed E-state index contributed by atoms with van der Waals surface area (Å²) in [5.41, 5.74) is 1.53. The minimum absolute atomic E-state index is 0.0103. The van der Waals surface area contributed by atoms with E-state index >= 15 is 0 Å². The monoisotopic (exact) mass is 416 g/mol. The third-order valence-corrected chi connectivity index (χ3v) is 6.53. The molecule has 0 spiro atoms. The maximum atomic E-state index is 12.9. The van der Waals surface area contributed by atoms with Crippen LogP contribution < -0.4 is 0 Å². The number of carbonyl (C=O) groups excluding carboxylic acids is 1. The van der Waals surface area contributed by atoms with Crippen LogP contribution in [-0.4, -0.2) is 38.5 Å². The summed E-state index contributed by atoms with van der Waals surface area (Å²) in [6, 6.07) is 14.5. The summed E-state index contributed by atoms with van der Waals surface area (Å²) in [6.07, 6.45) is 0.149. The smallest absolute Gasteiger partial charge is 0.332 e. The van der Waals surface area contributed by atoms with E-state index in [1.54, 1.807) is 18.2 Å². The van der Waals surface area contributed by atoms with E-state index in [9.17, 15) is 14.9 Å². The van der Waals surface area contributed by atoms with Crippen LogP contribution in [0.2, 0.25) is 0 Å². The number of thiocarbonyl (C=S) groups is 1. The highest BCUT2D eigenvalue weighted by molar-refractivity contribution is 8.23. The summed E-state index contributed by atoms with van der Waals surface area (Å²) < 4.78 is 5.71. The van der Waals surface area contributed by atoms with Crippen molar-refractivity contribution in [3.05, 3.63) is 75.3 Å². The van der Waals surface area contributed by atoms with Crippen LogP contribution in [0.4, 0.5) is 5.69 Å².